The summed E-state index contributed by atoms with van der Waals surface area (Å²) in [5.74, 6) is 0.130. The minimum atomic E-state index is -0.354. The van der Waals surface area contributed by atoms with E-state index in [-0.39, 0.29) is 5.82 Å². The van der Waals surface area contributed by atoms with Crippen LogP contribution in [0.3, 0.4) is 0 Å². The first kappa shape index (κ1) is 13.0. The van der Waals surface area contributed by atoms with Gasteiger partial charge in [-0.25, -0.2) is 4.39 Å². The Bertz CT molecular complexity index is 563. The van der Waals surface area contributed by atoms with Crippen LogP contribution in [0.2, 0.25) is 0 Å². The zero-order valence-electron chi connectivity index (χ0n) is 10.1. The van der Waals surface area contributed by atoms with Gasteiger partial charge in [0.2, 0.25) is 0 Å². The van der Waals surface area contributed by atoms with Crippen LogP contribution in [0.15, 0.2) is 22.7 Å². The molecular formula is C12H13BrFN3O. The molecule has 18 heavy (non-hydrogen) atoms. The first-order valence-corrected chi connectivity index (χ1v) is 6.09. The van der Waals surface area contributed by atoms with Gasteiger partial charge in [0.25, 0.3) is 0 Å². The van der Waals surface area contributed by atoms with Crippen LogP contribution in [0, 0.1) is 5.82 Å². The van der Waals surface area contributed by atoms with E-state index in [1.807, 2.05) is 0 Å². The molecule has 96 valence electrons. The number of aryl methyl sites for hydroxylation is 1. The number of halogens is 2. The average Bonchev–Trinajstić information content (AvgIpc) is 2.64. The Hall–Kier alpha value is -1.40. The third-order valence-electron chi connectivity index (χ3n) is 2.59. The predicted octanol–water partition coefficient (Wildman–Crippen LogP) is 2.72. The average molecular weight is 314 g/mol. The lowest BCUT2D eigenvalue weighted by atomic mass is 10.1. The van der Waals surface area contributed by atoms with Crippen LogP contribution in [0.5, 0.6) is 0 Å². The lowest BCUT2D eigenvalue weighted by Gasteiger charge is -2.06. The van der Waals surface area contributed by atoms with Crippen molar-refractivity contribution in [3.05, 3.63) is 34.1 Å². The fourth-order valence-corrected chi connectivity index (χ4v) is 2.20. The number of nitrogen functional groups attached to an aromatic ring is 1. The molecule has 0 atom stereocenters. The maximum absolute atomic E-state index is 14.1. The summed E-state index contributed by atoms with van der Waals surface area (Å²) in [6, 6.07) is 5.04. The Kier molecular flexibility index (Phi) is 3.68. The number of nitrogens with two attached hydrogens (primary N) is 1. The molecule has 0 amide bonds. The molecule has 1 aromatic heterocycles. The topological polar surface area (TPSA) is 53.1 Å². The standard InChI is InChI=1S/C12H13BrFN3O/c1-17-11(15)5-10(16-17)8-3-7(6-18-2)4-9(13)12(8)14/h3-5H,6,15H2,1-2H3. The Morgan fingerprint density at radius 2 is 2.17 bits per heavy atom. The number of aromatic nitrogens is 2. The molecule has 0 saturated heterocycles. The van der Waals surface area contributed by atoms with Gasteiger partial charge in [0.15, 0.2) is 0 Å². The molecule has 0 aliphatic heterocycles. The Morgan fingerprint density at radius 3 is 2.72 bits per heavy atom. The molecule has 0 radical (unpaired) electrons. The zero-order chi connectivity index (χ0) is 13.3. The molecule has 0 aliphatic rings. The summed E-state index contributed by atoms with van der Waals surface area (Å²) in [5, 5.41) is 4.17. The quantitative estimate of drug-likeness (QED) is 0.948. The first-order valence-electron chi connectivity index (χ1n) is 5.29. The van der Waals surface area contributed by atoms with Crippen molar-refractivity contribution in [1.82, 2.24) is 9.78 Å². The second-order valence-corrected chi connectivity index (χ2v) is 4.80. The molecule has 0 bridgehead atoms. The van der Waals surface area contributed by atoms with Crippen molar-refractivity contribution in [3.8, 4) is 11.3 Å². The van der Waals surface area contributed by atoms with Crippen molar-refractivity contribution in [2.75, 3.05) is 12.8 Å². The van der Waals surface area contributed by atoms with Gasteiger partial charge in [0.1, 0.15) is 11.6 Å². The highest BCUT2D eigenvalue weighted by molar-refractivity contribution is 9.10. The van der Waals surface area contributed by atoms with Crippen LogP contribution < -0.4 is 5.73 Å². The highest BCUT2D eigenvalue weighted by atomic mass is 79.9. The maximum atomic E-state index is 14.1. The number of hydrogen-bond acceptors (Lipinski definition) is 3. The van der Waals surface area contributed by atoms with Crippen molar-refractivity contribution >= 4 is 21.7 Å². The molecule has 0 saturated carbocycles. The Balaban J connectivity index is 2.55. The summed E-state index contributed by atoms with van der Waals surface area (Å²) < 4.78 is 21.0. The van der Waals surface area contributed by atoms with Gasteiger partial charge in [-0.05, 0) is 33.6 Å². The van der Waals surface area contributed by atoms with Crippen LogP contribution in [-0.2, 0) is 18.4 Å². The maximum Gasteiger partial charge on any atom is 0.146 e. The van der Waals surface area contributed by atoms with E-state index in [1.54, 1.807) is 32.4 Å². The molecule has 2 rings (SSSR count). The third kappa shape index (κ3) is 2.39. The summed E-state index contributed by atoms with van der Waals surface area (Å²) in [4.78, 5) is 0. The van der Waals surface area contributed by atoms with Crippen molar-refractivity contribution in [1.29, 1.82) is 0 Å². The summed E-state index contributed by atoms with van der Waals surface area (Å²) in [5.41, 5.74) is 7.48. The molecular weight excluding hydrogens is 301 g/mol. The largest absolute Gasteiger partial charge is 0.384 e. The molecule has 0 spiro atoms. The summed E-state index contributed by atoms with van der Waals surface area (Å²) in [7, 11) is 3.31. The van der Waals surface area contributed by atoms with Crippen molar-refractivity contribution in [2.24, 2.45) is 7.05 Å². The van der Waals surface area contributed by atoms with E-state index in [1.165, 1.54) is 4.68 Å². The van der Waals surface area contributed by atoms with Gasteiger partial charge in [0, 0.05) is 25.8 Å². The van der Waals surface area contributed by atoms with Crippen LogP contribution in [0.25, 0.3) is 11.3 Å². The minimum absolute atomic E-state index is 0.354. The number of ether oxygens (including phenoxy) is 1. The number of nitrogens with zero attached hydrogens (tertiary/aromatic N) is 2. The van der Waals surface area contributed by atoms with Gasteiger partial charge in [-0.1, -0.05) is 0 Å². The number of rotatable bonds is 3. The van der Waals surface area contributed by atoms with Gasteiger partial charge < -0.3 is 10.5 Å². The molecule has 1 aromatic carbocycles. The summed E-state index contributed by atoms with van der Waals surface area (Å²) >= 11 is 3.19. The van der Waals surface area contributed by atoms with E-state index in [2.05, 4.69) is 21.0 Å². The molecule has 0 fully saturated rings. The van der Waals surface area contributed by atoms with Crippen molar-refractivity contribution in [2.45, 2.75) is 6.61 Å². The lowest BCUT2D eigenvalue weighted by Crippen LogP contribution is -1.97. The summed E-state index contributed by atoms with van der Waals surface area (Å²) in [6.45, 7) is 0.411. The number of hydrogen-bond donors (Lipinski definition) is 1. The predicted molar refractivity (Wildman–Crippen MR) is 71.4 cm³/mol. The van der Waals surface area contributed by atoms with Crippen LogP contribution in [0.4, 0.5) is 10.2 Å². The minimum Gasteiger partial charge on any atom is -0.384 e. The van der Waals surface area contributed by atoms with Crippen molar-refractivity contribution < 1.29 is 9.13 Å². The van der Waals surface area contributed by atoms with E-state index in [9.17, 15) is 4.39 Å². The van der Waals surface area contributed by atoms with E-state index in [0.29, 0.717) is 28.2 Å². The normalized spacial score (nSPS) is 10.9. The van der Waals surface area contributed by atoms with Crippen LogP contribution in [0.1, 0.15) is 5.56 Å². The Morgan fingerprint density at radius 1 is 1.44 bits per heavy atom. The van der Waals surface area contributed by atoms with Crippen LogP contribution >= 0.6 is 15.9 Å². The Labute approximate surface area is 113 Å². The number of benzene rings is 1. The highest BCUT2D eigenvalue weighted by Gasteiger charge is 2.14. The smallest absolute Gasteiger partial charge is 0.146 e. The summed E-state index contributed by atoms with van der Waals surface area (Å²) in [6.07, 6.45) is 0. The molecule has 0 aliphatic carbocycles. The fraction of sp³-hybridized carbons (Fsp3) is 0.250. The zero-order valence-corrected chi connectivity index (χ0v) is 11.7. The van der Waals surface area contributed by atoms with E-state index >= 15 is 0 Å². The van der Waals surface area contributed by atoms with E-state index < -0.39 is 0 Å². The molecule has 0 unspecified atom stereocenters. The number of methoxy groups -OCH3 is 1. The van der Waals surface area contributed by atoms with Gasteiger partial charge in [-0.2, -0.15) is 5.10 Å². The molecule has 1 heterocycles. The number of anilines is 1. The molecule has 2 N–H and O–H groups in total. The van der Waals surface area contributed by atoms with Gasteiger partial charge >= 0.3 is 0 Å². The SMILES string of the molecule is COCc1cc(Br)c(F)c(-c2cc(N)n(C)n2)c1. The third-order valence-corrected chi connectivity index (χ3v) is 3.17. The van der Waals surface area contributed by atoms with E-state index in [4.69, 9.17) is 10.5 Å². The molecule has 6 heteroatoms. The highest BCUT2D eigenvalue weighted by Crippen LogP contribution is 2.30. The van der Waals surface area contributed by atoms with Gasteiger partial charge in [-0.3, -0.25) is 4.68 Å². The second kappa shape index (κ2) is 5.07. The fourth-order valence-electron chi connectivity index (χ4n) is 1.69. The second-order valence-electron chi connectivity index (χ2n) is 3.95. The molecule has 2 aromatic rings. The molecule has 4 nitrogen and oxygen atoms in total. The van der Waals surface area contributed by atoms with Crippen molar-refractivity contribution in [3.63, 3.8) is 0 Å². The van der Waals surface area contributed by atoms with Gasteiger partial charge in [-0.15, -0.1) is 0 Å². The monoisotopic (exact) mass is 313 g/mol. The lowest BCUT2D eigenvalue weighted by molar-refractivity contribution is 0.185. The first-order chi connectivity index (χ1) is 8.52. The van der Waals surface area contributed by atoms with E-state index in [0.717, 1.165) is 5.56 Å². The van der Waals surface area contributed by atoms with Gasteiger partial charge in [0.05, 0.1) is 16.8 Å². The van der Waals surface area contributed by atoms with Crippen LogP contribution in [-0.4, -0.2) is 16.9 Å².